The molecule has 0 aromatic carbocycles. The van der Waals surface area contributed by atoms with Crippen molar-refractivity contribution in [1.82, 2.24) is 0 Å². The molecule has 0 heterocycles. The van der Waals surface area contributed by atoms with Crippen LogP contribution in [0.1, 0.15) is 98.8 Å². The minimum atomic E-state index is -0.532. The first-order valence-electron chi connectivity index (χ1n) is 13.5. The van der Waals surface area contributed by atoms with Crippen molar-refractivity contribution in [2.75, 3.05) is 0 Å². The summed E-state index contributed by atoms with van der Waals surface area (Å²) in [6.07, 6.45) is 10.6. The van der Waals surface area contributed by atoms with Gasteiger partial charge in [-0.25, -0.2) is 0 Å². The Kier molecular flexibility index (Phi) is 5.08. The standard InChI is InChI=1S/C29H46O3/c1-17(2)18-9-15-29(25(31)32)16-10-20-19(24(18)29)7-8-22-27(20,5)13-11-21-26(3,4)23(30)12-14-28(21,22)6/h18-24,30H,1,7-16H2,2-6H3,(H,31,32)/t18-,19-,20+,21-,22+,23+,24-,27-,28-,29-/m0/s1. The van der Waals surface area contributed by atoms with E-state index in [9.17, 15) is 15.0 Å². The highest BCUT2D eigenvalue weighted by Crippen LogP contribution is 2.73. The Hall–Kier alpha value is -0.830. The predicted octanol–water partition coefficient (Wildman–Crippen LogP) is 6.70. The minimum Gasteiger partial charge on any atom is -0.481 e. The summed E-state index contributed by atoms with van der Waals surface area (Å²) in [5.41, 5.74) is 1.30. The average Bonchev–Trinajstić information content (AvgIpc) is 3.12. The molecule has 2 N–H and O–H groups in total. The fraction of sp³-hybridized carbons (Fsp3) is 0.897. The van der Waals surface area contributed by atoms with E-state index < -0.39 is 11.4 Å². The second kappa shape index (κ2) is 7.09. The van der Waals surface area contributed by atoms with Crippen LogP contribution in [0.5, 0.6) is 0 Å². The van der Waals surface area contributed by atoms with Gasteiger partial charge in [-0.15, -0.1) is 0 Å². The molecule has 0 amide bonds. The second-order valence-corrected chi connectivity index (χ2v) is 13.9. The van der Waals surface area contributed by atoms with E-state index >= 15 is 0 Å². The van der Waals surface area contributed by atoms with Crippen molar-refractivity contribution in [1.29, 1.82) is 0 Å². The number of carboxylic acids is 1. The number of fused-ring (bicyclic) bond motifs is 7. The van der Waals surface area contributed by atoms with E-state index in [2.05, 4.69) is 41.2 Å². The van der Waals surface area contributed by atoms with E-state index in [-0.39, 0.29) is 17.4 Å². The lowest BCUT2D eigenvalue weighted by atomic mass is 9.36. The van der Waals surface area contributed by atoms with Crippen molar-refractivity contribution < 1.29 is 15.0 Å². The third-order valence-electron chi connectivity index (χ3n) is 12.6. The van der Waals surface area contributed by atoms with Gasteiger partial charge in [0.25, 0.3) is 0 Å². The molecule has 0 aromatic heterocycles. The van der Waals surface area contributed by atoms with E-state index in [1.807, 2.05) is 0 Å². The maximum Gasteiger partial charge on any atom is 0.309 e. The molecule has 0 aliphatic heterocycles. The molecule has 0 aromatic rings. The summed E-state index contributed by atoms with van der Waals surface area (Å²) < 4.78 is 0. The molecule has 5 rings (SSSR count). The van der Waals surface area contributed by atoms with E-state index in [0.717, 1.165) is 38.5 Å². The molecular formula is C29H46O3. The van der Waals surface area contributed by atoms with Crippen LogP contribution in [0.4, 0.5) is 0 Å². The fourth-order valence-corrected chi connectivity index (χ4v) is 11.2. The van der Waals surface area contributed by atoms with Crippen LogP contribution >= 0.6 is 0 Å². The highest BCUT2D eigenvalue weighted by molar-refractivity contribution is 5.76. The van der Waals surface area contributed by atoms with Gasteiger partial charge in [0.15, 0.2) is 0 Å². The zero-order valence-corrected chi connectivity index (χ0v) is 21.1. The second-order valence-electron chi connectivity index (χ2n) is 13.9. The fourth-order valence-electron chi connectivity index (χ4n) is 11.2. The van der Waals surface area contributed by atoms with Crippen LogP contribution in [-0.4, -0.2) is 22.3 Å². The topological polar surface area (TPSA) is 57.5 Å². The number of aliphatic hydroxyl groups is 1. The van der Waals surface area contributed by atoms with Crippen molar-refractivity contribution >= 4 is 5.97 Å². The molecule has 5 saturated carbocycles. The molecule has 5 aliphatic rings. The highest BCUT2D eigenvalue weighted by Gasteiger charge is 2.68. The van der Waals surface area contributed by atoms with Crippen LogP contribution in [-0.2, 0) is 4.79 Å². The van der Waals surface area contributed by atoms with Crippen LogP contribution in [0.3, 0.4) is 0 Å². The largest absolute Gasteiger partial charge is 0.481 e. The van der Waals surface area contributed by atoms with Gasteiger partial charge in [0.2, 0.25) is 0 Å². The highest BCUT2D eigenvalue weighted by atomic mass is 16.4. The van der Waals surface area contributed by atoms with Gasteiger partial charge in [-0.1, -0.05) is 39.8 Å². The van der Waals surface area contributed by atoms with Gasteiger partial charge in [0.1, 0.15) is 0 Å². The normalized spacial score (nSPS) is 54.0. The van der Waals surface area contributed by atoms with Gasteiger partial charge >= 0.3 is 5.97 Å². The lowest BCUT2D eigenvalue weighted by Crippen LogP contribution is -2.63. The SMILES string of the molecule is C=C(C)[C@@H]1CC[C@]2(C(=O)O)CC[C@@H]3[C@H](CC[C@@H]4[C@@]3(C)CC[C@H]3C(C)(C)[C@H](O)CC[C@]43C)[C@H]12. The van der Waals surface area contributed by atoms with Crippen LogP contribution in [0.25, 0.3) is 0 Å². The van der Waals surface area contributed by atoms with Crippen LogP contribution in [0.2, 0.25) is 0 Å². The molecule has 5 fully saturated rings. The molecule has 0 saturated heterocycles. The number of hydrogen-bond donors (Lipinski definition) is 2. The lowest BCUT2D eigenvalue weighted by molar-refractivity contribution is -0.217. The summed E-state index contributed by atoms with van der Waals surface area (Å²) in [5, 5.41) is 21.2. The Morgan fingerprint density at radius 2 is 1.50 bits per heavy atom. The minimum absolute atomic E-state index is 0.00724. The number of carboxylic acid groups (broad SMARTS) is 1. The van der Waals surface area contributed by atoms with E-state index in [1.54, 1.807) is 0 Å². The first-order chi connectivity index (χ1) is 14.9. The first kappa shape index (κ1) is 22.9. The third kappa shape index (κ3) is 2.72. The Morgan fingerprint density at radius 3 is 2.16 bits per heavy atom. The molecule has 5 aliphatic carbocycles. The maximum absolute atomic E-state index is 12.7. The number of aliphatic hydroxyl groups excluding tert-OH is 1. The van der Waals surface area contributed by atoms with Gasteiger partial charge in [0, 0.05) is 0 Å². The molecule has 32 heavy (non-hydrogen) atoms. The summed E-state index contributed by atoms with van der Waals surface area (Å²) in [4.78, 5) is 12.7. The lowest BCUT2D eigenvalue weighted by Gasteiger charge is -2.69. The molecule has 0 radical (unpaired) electrons. The zero-order valence-electron chi connectivity index (χ0n) is 21.1. The molecule has 0 spiro atoms. The maximum atomic E-state index is 12.7. The van der Waals surface area contributed by atoms with Crippen LogP contribution in [0.15, 0.2) is 12.2 Å². The van der Waals surface area contributed by atoms with E-state index in [1.165, 1.54) is 31.3 Å². The van der Waals surface area contributed by atoms with Crippen molar-refractivity contribution in [2.24, 2.45) is 57.2 Å². The zero-order chi connectivity index (χ0) is 23.3. The smallest absolute Gasteiger partial charge is 0.309 e. The van der Waals surface area contributed by atoms with Crippen LogP contribution < -0.4 is 0 Å². The molecular weight excluding hydrogens is 396 g/mol. The average molecular weight is 443 g/mol. The number of aliphatic carboxylic acids is 1. The summed E-state index contributed by atoms with van der Waals surface area (Å²) in [6.45, 7) is 16.2. The molecule has 3 heteroatoms. The van der Waals surface area contributed by atoms with E-state index in [0.29, 0.717) is 40.4 Å². The molecule has 10 atom stereocenters. The predicted molar refractivity (Wildman–Crippen MR) is 128 cm³/mol. The van der Waals surface area contributed by atoms with Gasteiger partial charge in [-0.05, 0) is 123 Å². The molecule has 0 bridgehead atoms. The van der Waals surface area contributed by atoms with Crippen molar-refractivity contribution in [3.8, 4) is 0 Å². The summed E-state index contributed by atoms with van der Waals surface area (Å²) >= 11 is 0. The van der Waals surface area contributed by atoms with Gasteiger partial charge < -0.3 is 10.2 Å². The summed E-state index contributed by atoms with van der Waals surface area (Å²) in [7, 11) is 0. The number of carbonyl (C=O) groups is 1. The monoisotopic (exact) mass is 442 g/mol. The van der Waals surface area contributed by atoms with Crippen molar-refractivity contribution in [3.63, 3.8) is 0 Å². The Morgan fingerprint density at radius 1 is 0.844 bits per heavy atom. The Bertz CT molecular complexity index is 815. The molecule has 3 nitrogen and oxygen atoms in total. The Balaban J connectivity index is 1.52. The van der Waals surface area contributed by atoms with Crippen molar-refractivity contribution in [2.45, 2.75) is 105 Å². The summed E-state index contributed by atoms with van der Waals surface area (Å²) in [5.74, 6) is 2.60. The van der Waals surface area contributed by atoms with E-state index in [4.69, 9.17) is 0 Å². The Labute approximate surface area is 195 Å². The van der Waals surface area contributed by atoms with Crippen LogP contribution in [0, 0.1) is 57.2 Å². The first-order valence-corrected chi connectivity index (χ1v) is 13.5. The number of allylic oxidation sites excluding steroid dienone is 1. The van der Waals surface area contributed by atoms with Crippen molar-refractivity contribution in [3.05, 3.63) is 12.2 Å². The van der Waals surface area contributed by atoms with Gasteiger partial charge in [-0.3, -0.25) is 4.79 Å². The molecule has 0 unspecified atom stereocenters. The molecule has 180 valence electrons. The van der Waals surface area contributed by atoms with Gasteiger partial charge in [0.05, 0.1) is 11.5 Å². The van der Waals surface area contributed by atoms with Gasteiger partial charge in [-0.2, -0.15) is 0 Å². The number of rotatable bonds is 2. The number of hydrogen-bond acceptors (Lipinski definition) is 2. The summed E-state index contributed by atoms with van der Waals surface area (Å²) in [6, 6.07) is 0. The third-order valence-corrected chi connectivity index (χ3v) is 12.6. The quantitative estimate of drug-likeness (QED) is 0.468.